The first kappa shape index (κ1) is 24.1. The second-order valence-corrected chi connectivity index (χ2v) is 10.2. The number of anilines is 1. The van der Waals surface area contributed by atoms with Gasteiger partial charge in [-0.25, -0.2) is 9.37 Å². The van der Waals surface area contributed by atoms with Gasteiger partial charge in [-0.1, -0.05) is 22.9 Å². The average molecular weight is 509 g/mol. The van der Waals surface area contributed by atoms with Gasteiger partial charge in [0.15, 0.2) is 10.9 Å². The second-order valence-electron chi connectivity index (χ2n) is 7.65. The summed E-state index contributed by atoms with van der Waals surface area (Å²) in [5.41, 5.74) is 0.813. The van der Waals surface area contributed by atoms with Gasteiger partial charge in [-0.3, -0.25) is 9.69 Å². The molecule has 6 nitrogen and oxygen atoms in total. The summed E-state index contributed by atoms with van der Waals surface area (Å²) >= 11 is 9.43. The maximum absolute atomic E-state index is 12.9. The van der Waals surface area contributed by atoms with E-state index in [1.54, 1.807) is 42.3 Å². The van der Waals surface area contributed by atoms with Crippen LogP contribution in [0.15, 0.2) is 41.3 Å². The smallest absolute Gasteiger partial charge is 0.220 e. The normalized spacial score (nSPS) is 14.6. The highest BCUT2D eigenvalue weighted by Crippen LogP contribution is 2.38. The SMILES string of the molecule is COc1c(Cl)ccc2sc(N3CCN(CCNC(=O)CCSc4ccc(F)cc4)CC3)nc12. The Kier molecular flexibility index (Phi) is 8.29. The van der Waals surface area contributed by atoms with Gasteiger partial charge in [-0.05, 0) is 36.4 Å². The van der Waals surface area contributed by atoms with E-state index in [-0.39, 0.29) is 11.7 Å². The number of hydrogen-bond donors (Lipinski definition) is 1. The van der Waals surface area contributed by atoms with E-state index in [9.17, 15) is 9.18 Å². The Hall–Kier alpha value is -2.07. The van der Waals surface area contributed by atoms with Crippen LogP contribution in [0.3, 0.4) is 0 Å². The number of methoxy groups -OCH3 is 1. The summed E-state index contributed by atoms with van der Waals surface area (Å²) in [5, 5.41) is 4.56. The summed E-state index contributed by atoms with van der Waals surface area (Å²) in [6.45, 7) is 5.08. The van der Waals surface area contributed by atoms with E-state index in [1.165, 1.54) is 12.1 Å². The van der Waals surface area contributed by atoms with Crippen LogP contribution in [0.25, 0.3) is 10.2 Å². The second kappa shape index (κ2) is 11.4. The fraction of sp³-hybridized carbons (Fsp3) is 0.391. The molecule has 1 amide bonds. The molecule has 3 aromatic rings. The first-order valence-corrected chi connectivity index (χ1v) is 13.0. The quantitative estimate of drug-likeness (QED) is 0.429. The Morgan fingerprint density at radius 2 is 1.97 bits per heavy atom. The number of halogens is 2. The molecule has 2 heterocycles. The number of thioether (sulfide) groups is 1. The Morgan fingerprint density at radius 3 is 2.70 bits per heavy atom. The number of piperazine rings is 1. The van der Waals surface area contributed by atoms with Gasteiger partial charge in [0.2, 0.25) is 5.91 Å². The van der Waals surface area contributed by atoms with Crippen molar-refractivity contribution in [1.82, 2.24) is 15.2 Å². The van der Waals surface area contributed by atoms with Crippen LogP contribution in [-0.2, 0) is 4.79 Å². The summed E-state index contributed by atoms with van der Waals surface area (Å²) in [7, 11) is 1.61. The van der Waals surface area contributed by atoms with Crippen LogP contribution in [0, 0.1) is 5.82 Å². The zero-order chi connectivity index (χ0) is 23.2. The van der Waals surface area contributed by atoms with Gasteiger partial charge in [0.25, 0.3) is 0 Å². The van der Waals surface area contributed by atoms with Crippen molar-refractivity contribution >= 4 is 56.0 Å². The maximum Gasteiger partial charge on any atom is 0.220 e. The van der Waals surface area contributed by atoms with Crippen LogP contribution in [0.2, 0.25) is 5.02 Å². The van der Waals surface area contributed by atoms with Gasteiger partial charge in [0, 0.05) is 56.3 Å². The lowest BCUT2D eigenvalue weighted by atomic mass is 10.3. The molecule has 0 spiro atoms. The number of nitrogens with one attached hydrogen (secondary N) is 1. The number of ether oxygens (including phenoxy) is 1. The van der Waals surface area contributed by atoms with Crippen molar-refractivity contribution in [2.45, 2.75) is 11.3 Å². The average Bonchev–Trinajstić information content (AvgIpc) is 3.25. The summed E-state index contributed by atoms with van der Waals surface area (Å²) < 4.78 is 19.4. The molecule has 176 valence electrons. The van der Waals surface area contributed by atoms with Crippen LogP contribution in [0.1, 0.15) is 6.42 Å². The summed E-state index contributed by atoms with van der Waals surface area (Å²) in [4.78, 5) is 22.5. The third-order valence-corrected chi connectivity index (χ3v) is 7.86. The highest BCUT2D eigenvalue weighted by molar-refractivity contribution is 7.99. The van der Waals surface area contributed by atoms with Crippen LogP contribution >= 0.6 is 34.7 Å². The topological polar surface area (TPSA) is 57.7 Å². The first-order chi connectivity index (χ1) is 16.0. The monoisotopic (exact) mass is 508 g/mol. The minimum atomic E-state index is -0.247. The number of aromatic nitrogens is 1. The maximum atomic E-state index is 12.9. The Bertz CT molecular complexity index is 1090. The zero-order valence-corrected chi connectivity index (χ0v) is 20.7. The molecule has 10 heteroatoms. The highest BCUT2D eigenvalue weighted by atomic mass is 35.5. The Labute approximate surface area is 206 Å². The van der Waals surface area contributed by atoms with E-state index in [0.29, 0.717) is 29.5 Å². The molecule has 0 bridgehead atoms. The standard InChI is InChI=1S/C23H26ClFN4O2S2/c1-31-22-18(24)6-7-19-21(22)27-23(33-19)29-13-11-28(12-14-29)10-9-26-20(30)8-15-32-17-4-2-16(25)3-5-17/h2-7H,8-15H2,1H3,(H,26,30). The lowest BCUT2D eigenvalue weighted by molar-refractivity contribution is -0.120. The van der Waals surface area contributed by atoms with Gasteiger partial charge >= 0.3 is 0 Å². The third-order valence-electron chi connectivity index (χ3n) is 5.46. The summed E-state index contributed by atoms with van der Waals surface area (Å²) in [6.07, 6.45) is 0.445. The zero-order valence-electron chi connectivity index (χ0n) is 18.4. The largest absolute Gasteiger partial charge is 0.493 e. The van der Waals surface area contributed by atoms with Gasteiger partial charge < -0.3 is 15.0 Å². The van der Waals surface area contributed by atoms with E-state index in [2.05, 4.69) is 15.1 Å². The molecule has 1 N–H and O–H groups in total. The predicted molar refractivity (Wildman–Crippen MR) is 135 cm³/mol. The molecule has 0 radical (unpaired) electrons. The molecule has 0 unspecified atom stereocenters. The molecule has 1 saturated heterocycles. The van der Waals surface area contributed by atoms with E-state index < -0.39 is 0 Å². The van der Waals surface area contributed by atoms with Gasteiger partial charge in [0.05, 0.1) is 16.8 Å². The molecule has 0 saturated carbocycles. The highest BCUT2D eigenvalue weighted by Gasteiger charge is 2.21. The lowest BCUT2D eigenvalue weighted by Crippen LogP contribution is -2.48. The molecule has 0 atom stereocenters. The van der Waals surface area contributed by atoms with Crippen LogP contribution < -0.4 is 15.0 Å². The lowest BCUT2D eigenvalue weighted by Gasteiger charge is -2.34. The number of nitrogens with zero attached hydrogens (tertiary/aromatic N) is 3. The first-order valence-electron chi connectivity index (χ1n) is 10.8. The number of rotatable bonds is 9. The van der Waals surface area contributed by atoms with Gasteiger partial charge in [-0.2, -0.15) is 0 Å². The molecule has 4 rings (SSSR count). The van der Waals surface area contributed by atoms with Crippen molar-refractivity contribution in [3.63, 3.8) is 0 Å². The number of carbonyl (C=O) groups is 1. The number of amides is 1. The van der Waals surface area contributed by atoms with E-state index in [1.807, 2.05) is 12.1 Å². The van der Waals surface area contributed by atoms with Crippen molar-refractivity contribution in [3.05, 3.63) is 47.2 Å². The Morgan fingerprint density at radius 1 is 1.21 bits per heavy atom. The van der Waals surface area contributed by atoms with Crippen molar-refractivity contribution in [2.75, 3.05) is 57.0 Å². The van der Waals surface area contributed by atoms with E-state index >= 15 is 0 Å². The predicted octanol–water partition coefficient (Wildman–Crippen LogP) is 4.52. The number of thiazole rings is 1. The van der Waals surface area contributed by atoms with Crippen molar-refractivity contribution in [1.29, 1.82) is 0 Å². The summed E-state index contributed by atoms with van der Waals surface area (Å²) in [6, 6.07) is 10.2. The van der Waals surface area contributed by atoms with Crippen LogP contribution in [-0.4, -0.2) is 67.9 Å². The fourth-order valence-corrected chi connectivity index (χ4v) is 5.76. The van der Waals surface area contributed by atoms with E-state index in [0.717, 1.165) is 53.0 Å². The molecule has 1 aliphatic heterocycles. The summed E-state index contributed by atoms with van der Waals surface area (Å²) in [5.74, 6) is 1.10. The Balaban J connectivity index is 1.16. The van der Waals surface area contributed by atoms with Crippen molar-refractivity contribution in [2.24, 2.45) is 0 Å². The van der Waals surface area contributed by atoms with Crippen LogP contribution in [0.4, 0.5) is 9.52 Å². The molecule has 1 aliphatic rings. The molecular formula is C23H26ClFN4O2S2. The number of fused-ring (bicyclic) bond motifs is 1. The number of carbonyl (C=O) groups excluding carboxylic acids is 1. The molecule has 1 aromatic heterocycles. The molecular weight excluding hydrogens is 483 g/mol. The van der Waals surface area contributed by atoms with Gasteiger partial charge in [-0.15, -0.1) is 11.8 Å². The fourth-order valence-electron chi connectivity index (χ4n) is 3.66. The molecule has 2 aromatic carbocycles. The van der Waals surface area contributed by atoms with E-state index in [4.69, 9.17) is 21.3 Å². The van der Waals surface area contributed by atoms with Gasteiger partial charge in [0.1, 0.15) is 11.3 Å². The number of hydrogen-bond acceptors (Lipinski definition) is 7. The molecule has 0 aliphatic carbocycles. The minimum absolute atomic E-state index is 0.0466. The molecule has 1 fully saturated rings. The van der Waals surface area contributed by atoms with Crippen molar-refractivity contribution in [3.8, 4) is 5.75 Å². The third kappa shape index (κ3) is 6.29. The molecule has 33 heavy (non-hydrogen) atoms. The van der Waals surface area contributed by atoms with Crippen molar-refractivity contribution < 1.29 is 13.9 Å². The minimum Gasteiger partial charge on any atom is -0.493 e. The van der Waals surface area contributed by atoms with Crippen LogP contribution in [0.5, 0.6) is 5.75 Å². The number of benzene rings is 2.